The highest BCUT2D eigenvalue weighted by molar-refractivity contribution is 9.09. The standard InChI is InChI=1S/C16H24BrNO/c1-4-13-9-7-8-10-14(13)15(19)18-12-16(5-2,6-3)11-17/h7-10H,4-6,11-12H2,1-3H3,(H,18,19). The minimum Gasteiger partial charge on any atom is -0.351 e. The molecule has 1 rings (SSSR count). The molecule has 0 saturated heterocycles. The Morgan fingerprint density at radius 3 is 2.37 bits per heavy atom. The Kier molecular flexibility index (Phi) is 6.56. The van der Waals surface area contributed by atoms with E-state index in [9.17, 15) is 4.79 Å². The number of carbonyl (C=O) groups excluding carboxylic acids is 1. The summed E-state index contributed by atoms with van der Waals surface area (Å²) < 4.78 is 0. The molecular formula is C16H24BrNO. The highest BCUT2D eigenvalue weighted by Crippen LogP contribution is 2.27. The molecule has 0 bridgehead atoms. The molecule has 0 aliphatic heterocycles. The van der Waals surface area contributed by atoms with Crippen LogP contribution in [0.3, 0.4) is 0 Å². The predicted molar refractivity (Wildman–Crippen MR) is 85.0 cm³/mol. The summed E-state index contributed by atoms with van der Waals surface area (Å²) in [5, 5.41) is 4.02. The fourth-order valence-corrected chi connectivity index (χ4v) is 3.14. The molecule has 0 radical (unpaired) electrons. The van der Waals surface area contributed by atoms with Gasteiger partial charge in [-0.15, -0.1) is 0 Å². The van der Waals surface area contributed by atoms with Crippen molar-refractivity contribution in [2.24, 2.45) is 5.41 Å². The van der Waals surface area contributed by atoms with Crippen LogP contribution in [0.2, 0.25) is 0 Å². The van der Waals surface area contributed by atoms with Crippen LogP contribution in [0, 0.1) is 5.41 Å². The highest BCUT2D eigenvalue weighted by Gasteiger charge is 2.25. The molecular weight excluding hydrogens is 302 g/mol. The van der Waals surface area contributed by atoms with Crippen LogP contribution in [0.5, 0.6) is 0 Å². The second kappa shape index (κ2) is 7.68. The molecule has 0 saturated carbocycles. The van der Waals surface area contributed by atoms with Gasteiger partial charge in [0, 0.05) is 17.4 Å². The molecule has 0 atom stereocenters. The highest BCUT2D eigenvalue weighted by atomic mass is 79.9. The van der Waals surface area contributed by atoms with Crippen LogP contribution >= 0.6 is 15.9 Å². The van der Waals surface area contributed by atoms with Gasteiger partial charge in [-0.2, -0.15) is 0 Å². The van der Waals surface area contributed by atoms with Gasteiger partial charge in [-0.1, -0.05) is 54.9 Å². The summed E-state index contributed by atoms with van der Waals surface area (Å²) in [5.74, 6) is 0.0460. The fourth-order valence-electron chi connectivity index (χ4n) is 2.15. The van der Waals surface area contributed by atoms with Gasteiger partial charge in [-0.25, -0.2) is 0 Å². The molecule has 0 spiro atoms. The monoisotopic (exact) mass is 325 g/mol. The van der Waals surface area contributed by atoms with Crippen molar-refractivity contribution in [3.05, 3.63) is 35.4 Å². The topological polar surface area (TPSA) is 29.1 Å². The van der Waals surface area contributed by atoms with Crippen LogP contribution in [-0.4, -0.2) is 17.8 Å². The Labute approximate surface area is 125 Å². The van der Waals surface area contributed by atoms with Crippen molar-refractivity contribution in [1.82, 2.24) is 5.32 Å². The zero-order valence-electron chi connectivity index (χ0n) is 12.1. The maximum atomic E-state index is 12.3. The van der Waals surface area contributed by atoms with Gasteiger partial charge in [0.2, 0.25) is 0 Å². The number of carbonyl (C=O) groups is 1. The Balaban J connectivity index is 2.75. The van der Waals surface area contributed by atoms with E-state index in [0.29, 0.717) is 0 Å². The van der Waals surface area contributed by atoms with E-state index in [4.69, 9.17) is 0 Å². The average molecular weight is 326 g/mol. The van der Waals surface area contributed by atoms with E-state index in [1.54, 1.807) is 0 Å². The van der Waals surface area contributed by atoms with Gasteiger partial charge in [0.25, 0.3) is 5.91 Å². The number of hydrogen-bond acceptors (Lipinski definition) is 1. The third-order valence-corrected chi connectivity index (χ3v) is 5.24. The van der Waals surface area contributed by atoms with Crippen molar-refractivity contribution >= 4 is 21.8 Å². The van der Waals surface area contributed by atoms with Crippen LogP contribution in [-0.2, 0) is 6.42 Å². The Bertz CT molecular complexity index is 405. The van der Waals surface area contributed by atoms with Gasteiger partial charge in [-0.3, -0.25) is 4.79 Å². The first kappa shape index (κ1) is 16.2. The summed E-state index contributed by atoms with van der Waals surface area (Å²) in [6.07, 6.45) is 3.00. The molecule has 1 aromatic rings. The van der Waals surface area contributed by atoms with Crippen molar-refractivity contribution in [2.45, 2.75) is 40.0 Å². The van der Waals surface area contributed by atoms with Crippen LogP contribution in [0.1, 0.15) is 49.5 Å². The normalized spacial score (nSPS) is 11.4. The van der Waals surface area contributed by atoms with Crippen molar-refractivity contribution in [1.29, 1.82) is 0 Å². The van der Waals surface area contributed by atoms with E-state index >= 15 is 0 Å². The molecule has 1 N–H and O–H groups in total. The molecule has 0 fully saturated rings. The fraction of sp³-hybridized carbons (Fsp3) is 0.562. The molecule has 0 aliphatic carbocycles. The average Bonchev–Trinajstić information content (AvgIpc) is 2.49. The van der Waals surface area contributed by atoms with Crippen molar-refractivity contribution in [3.8, 4) is 0 Å². The molecule has 2 nitrogen and oxygen atoms in total. The summed E-state index contributed by atoms with van der Waals surface area (Å²) in [6, 6.07) is 7.83. The van der Waals surface area contributed by atoms with Crippen molar-refractivity contribution in [2.75, 3.05) is 11.9 Å². The lowest BCUT2D eigenvalue weighted by molar-refractivity contribution is 0.0931. The number of halogens is 1. The zero-order valence-corrected chi connectivity index (χ0v) is 13.7. The number of rotatable bonds is 7. The lowest BCUT2D eigenvalue weighted by Crippen LogP contribution is -2.38. The third-order valence-electron chi connectivity index (χ3n) is 4.05. The number of amides is 1. The number of aryl methyl sites for hydroxylation is 1. The van der Waals surface area contributed by atoms with Crippen LogP contribution in [0.25, 0.3) is 0 Å². The summed E-state index contributed by atoms with van der Waals surface area (Å²) in [5.41, 5.74) is 2.08. The lowest BCUT2D eigenvalue weighted by atomic mass is 9.84. The van der Waals surface area contributed by atoms with E-state index in [2.05, 4.69) is 42.0 Å². The maximum absolute atomic E-state index is 12.3. The summed E-state index contributed by atoms with van der Waals surface area (Å²) in [6.45, 7) is 7.16. The summed E-state index contributed by atoms with van der Waals surface area (Å²) >= 11 is 3.58. The molecule has 0 unspecified atom stereocenters. The largest absolute Gasteiger partial charge is 0.351 e. The van der Waals surface area contributed by atoms with Crippen LogP contribution in [0.4, 0.5) is 0 Å². The first-order valence-corrected chi connectivity index (χ1v) is 8.16. The summed E-state index contributed by atoms with van der Waals surface area (Å²) in [7, 11) is 0. The van der Waals surface area contributed by atoms with E-state index in [1.807, 2.05) is 24.3 Å². The number of hydrogen-bond donors (Lipinski definition) is 1. The number of nitrogens with one attached hydrogen (secondary N) is 1. The van der Waals surface area contributed by atoms with Crippen LogP contribution in [0.15, 0.2) is 24.3 Å². The van der Waals surface area contributed by atoms with Gasteiger partial charge in [0.15, 0.2) is 0 Å². The van der Waals surface area contributed by atoms with E-state index in [1.165, 1.54) is 0 Å². The first-order valence-electron chi connectivity index (χ1n) is 7.04. The Hall–Kier alpha value is -0.830. The van der Waals surface area contributed by atoms with Crippen molar-refractivity contribution in [3.63, 3.8) is 0 Å². The SMILES string of the molecule is CCc1ccccc1C(=O)NCC(CC)(CC)CBr. The lowest BCUT2D eigenvalue weighted by Gasteiger charge is -2.29. The molecule has 0 aromatic heterocycles. The quantitative estimate of drug-likeness (QED) is 0.748. The molecule has 1 aromatic carbocycles. The Morgan fingerprint density at radius 1 is 1.21 bits per heavy atom. The Morgan fingerprint density at radius 2 is 1.84 bits per heavy atom. The molecule has 3 heteroatoms. The number of alkyl halides is 1. The maximum Gasteiger partial charge on any atom is 0.251 e. The van der Waals surface area contributed by atoms with Gasteiger partial charge >= 0.3 is 0 Å². The van der Waals surface area contributed by atoms with Gasteiger partial charge < -0.3 is 5.32 Å². The van der Waals surface area contributed by atoms with E-state index in [-0.39, 0.29) is 11.3 Å². The smallest absolute Gasteiger partial charge is 0.251 e. The second-order valence-corrected chi connectivity index (χ2v) is 5.59. The second-order valence-electron chi connectivity index (χ2n) is 5.03. The molecule has 19 heavy (non-hydrogen) atoms. The minimum absolute atomic E-state index is 0.0460. The third kappa shape index (κ3) is 4.07. The molecule has 0 aliphatic rings. The molecule has 106 valence electrons. The van der Waals surface area contributed by atoms with Crippen molar-refractivity contribution < 1.29 is 4.79 Å². The van der Waals surface area contributed by atoms with Gasteiger partial charge in [0.05, 0.1) is 0 Å². The van der Waals surface area contributed by atoms with Gasteiger partial charge in [-0.05, 0) is 36.3 Å². The van der Waals surface area contributed by atoms with Crippen LogP contribution < -0.4 is 5.32 Å². The first-order chi connectivity index (χ1) is 9.12. The number of benzene rings is 1. The minimum atomic E-state index is 0.0460. The molecule has 0 heterocycles. The predicted octanol–water partition coefficient (Wildman–Crippen LogP) is 4.18. The zero-order chi connectivity index (χ0) is 14.3. The molecule has 1 amide bonds. The van der Waals surface area contributed by atoms with E-state index in [0.717, 1.165) is 42.3 Å². The van der Waals surface area contributed by atoms with Gasteiger partial charge in [0.1, 0.15) is 0 Å². The van der Waals surface area contributed by atoms with E-state index < -0.39 is 0 Å². The summed E-state index contributed by atoms with van der Waals surface area (Å²) in [4.78, 5) is 12.3.